The number of alkyl halides is 3. The molecule has 1 aromatic heterocycles. The summed E-state index contributed by atoms with van der Waals surface area (Å²) >= 11 is -0.210. The molecule has 0 bridgehead atoms. The predicted octanol–water partition coefficient (Wildman–Crippen LogP) is 3.62. The molecular formula is C14H11F3N2OS. The maximum Gasteiger partial charge on any atom is 0.446 e. The van der Waals surface area contributed by atoms with Crippen molar-refractivity contribution in [2.45, 2.75) is 16.9 Å². The zero-order valence-corrected chi connectivity index (χ0v) is 11.5. The highest BCUT2D eigenvalue weighted by Gasteiger charge is 2.29. The topological polar surface area (TPSA) is 42.0 Å². The maximum absolute atomic E-state index is 12.2. The fourth-order valence-corrected chi connectivity index (χ4v) is 2.12. The van der Waals surface area contributed by atoms with E-state index < -0.39 is 5.51 Å². The van der Waals surface area contributed by atoms with Gasteiger partial charge in [-0.05, 0) is 48.2 Å². The lowest BCUT2D eigenvalue weighted by atomic mass is 10.2. The third-order valence-corrected chi connectivity index (χ3v) is 3.25. The molecule has 0 aliphatic rings. The van der Waals surface area contributed by atoms with Crippen molar-refractivity contribution in [3.05, 3.63) is 59.9 Å². The summed E-state index contributed by atoms with van der Waals surface area (Å²) in [4.78, 5) is 15.9. The Morgan fingerprint density at radius 1 is 1.14 bits per heavy atom. The molecule has 7 heteroatoms. The van der Waals surface area contributed by atoms with Gasteiger partial charge in [0.2, 0.25) is 0 Å². The Hall–Kier alpha value is -2.02. The molecule has 2 rings (SSSR count). The molecular weight excluding hydrogens is 301 g/mol. The largest absolute Gasteiger partial charge is 0.446 e. The third kappa shape index (κ3) is 5.11. The molecule has 3 nitrogen and oxygen atoms in total. The van der Waals surface area contributed by atoms with Crippen molar-refractivity contribution in [2.24, 2.45) is 0 Å². The Morgan fingerprint density at radius 2 is 1.86 bits per heavy atom. The molecule has 0 saturated carbocycles. The third-order valence-electron chi connectivity index (χ3n) is 2.51. The van der Waals surface area contributed by atoms with Crippen LogP contribution in [0.25, 0.3) is 0 Å². The van der Waals surface area contributed by atoms with Crippen molar-refractivity contribution in [1.29, 1.82) is 0 Å². The van der Waals surface area contributed by atoms with E-state index in [1.165, 1.54) is 24.3 Å². The molecule has 1 N–H and O–H groups in total. The first-order valence-electron chi connectivity index (χ1n) is 5.98. The quantitative estimate of drug-likeness (QED) is 0.877. The zero-order valence-electron chi connectivity index (χ0n) is 10.7. The lowest BCUT2D eigenvalue weighted by Gasteiger charge is -2.07. The van der Waals surface area contributed by atoms with Crippen LogP contribution in [0.2, 0.25) is 0 Å². The second-order valence-corrected chi connectivity index (χ2v) is 5.21. The maximum atomic E-state index is 12.2. The summed E-state index contributed by atoms with van der Waals surface area (Å²) in [5.74, 6) is -0.357. The number of benzene rings is 1. The van der Waals surface area contributed by atoms with Crippen LogP contribution >= 0.6 is 11.8 Å². The summed E-state index contributed by atoms with van der Waals surface area (Å²) in [6, 6.07) is 10.6. The van der Waals surface area contributed by atoms with Crippen LogP contribution in [-0.2, 0) is 6.54 Å². The normalized spacial score (nSPS) is 11.2. The van der Waals surface area contributed by atoms with Gasteiger partial charge in [-0.1, -0.05) is 6.07 Å². The summed E-state index contributed by atoms with van der Waals surface area (Å²) in [7, 11) is 0. The summed E-state index contributed by atoms with van der Waals surface area (Å²) < 4.78 is 36.6. The van der Waals surface area contributed by atoms with Gasteiger partial charge in [0.1, 0.15) is 0 Å². The van der Waals surface area contributed by atoms with Crippen LogP contribution in [-0.4, -0.2) is 16.4 Å². The van der Waals surface area contributed by atoms with Crippen molar-refractivity contribution in [3.8, 4) is 0 Å². The number of nitrogens with zero attached hydrogens (tertiary/aromatic N) is 1. The van der Waals surface area contributed by atoms with Crippen LogP contribution < -0.4 is 5.32 Å². The highest BCUT2D eigenvalue weighted by molar-refractivity contribution is 8.00. The molecule has 0 unspecified atom stereocenters. The number of carbonyl (C=O) groups is 1. The summed E-state index contributed by atoms with van der Waals surface area (Å²) in [5.41, 5.74) is -3.32. The minimum Gasteiger partial charge on any atom is -0.346 e. The Labute approximate surface area is 123 Å². The van der Waals surface area contributed by atoms with Gasteiger partial charge in [-0.15, -0.1) is 0 Å². The minimum absolute atomic E-state index is 0.0452. The van der Waals surface area contributed by atoms with Crippen LogP contribution in [0.3, 0.4) is 0 Å². The molecule has 0 saturated heterocycles. The van der Waals surface area contributed by atoms with E-state index in [2.05, 4.69) is 10.3 Å². The number of aromatic nitrogens is 1. The molecule has 110 valence electrons. The van der Waals surface area contributed by atoms with Gasteiger partial charge >= 0.3 is 5.51 Å². The first kappa shape index (κ1) is 15.4. The van der Waals surface area contributed by atoms with Crippen LogP contribution in [0.4, 0.5) is 13.2 Å². The fraction of sp³-hybridized carbons (Fsp3) is 0.143. The average Bonchev–Trinajstić information content (AvgIpc) is 2.45. The van der Waals surface area contributed by atoms with Gasteiger partial charge < -0.3 is 5.32 Å². The number of carbonyl (C=O) groups excluding carboxylic acids is 1. The van der Waals surface area contributed by atoms with Crippen LogP contribution in [0, 0.1) is 0 Å². The van der Waals surface area contributed by atoms with Crippen molar-refractivity contribution in [2.75, 3.05) is 0 Å². The van der Waals surface area contributed by atoms with Gasteiger partial charge in [0.25, 0.3) is 5.91 Å². The fourth-order valence-electron chi connectivity index (χ4n) is 1.58. The summed E-state index contributed by atoms with van der Waals surface area (Å²) in [6.07, 6.45) is 1.62. The van der Waals surface area contributed by atoms with Gasteiger partial charge in [-0.3, -0.25) is 9.78 Å². The molecule has 1 amide bonds. The highest BCUT2D eigenvalue weighted by Crippen LogP contribution is 2.36. The molecule has 0 radical (unpaired) electrons. The van der Waals surface area contributed by atoms with Gasteiger partial charge in [-0.25, -0.2) is 0 Å². The van der Waals surface area contributed by atoms with Gasteiger partial charge in [0.05, 0.1) is 12.2 Å². The molecule has 2 aromatic rings. The van der Waals surface area contributed by atoms with Crippen molar-refractivity contribution < 1.29 is 18.0 Å². The van der Waals surface area contributed by atoms with E-state index in [0.717, 1.165) is 0 Å². The van der Waals surface area contributed by atoms with Crippen molar-refractivity contribution in [3.63, 3.8) is 0 Å². The minimum atomic E-state index is -4.33. The number of pyridine rings is 1. The van der Waals surface area contributed by atoms with Crippen molar-refractivity contribution >= 4 is 17.7 Å². The number of hydrogen-bond acceptors (Lipinski definition) is 3. The molecule has 0 fully saturated rings. The second-order valence-electron chi connectivity index (χ2n) is 4.08. The second kappa shape index (κ2) is 6.62. The van der Waals surface area contributed by atoms with E-state index in [4.69, 9.17) is 0 Å². The Morgan fingerprint density at radius 3 is 2.43 bits per heavy atom. The van der Waals surface area contributed by atoms with Gasteiger partial charge in [-0.2, -0.15) is 13.2 Å². The van der Waals surface area contributed by atoms with Crippen LogP contribution in [0.1, 0.15) is 16.1 Å². The summed E-state index contributed by atoms with van der Waals surface area (Å²) in [6.45, 7) is 0.263. The number of nitrogens with one attached hydrogen (secondary N) is 1. The number of rotatable bonds is 4. The lowest BCUT2D eigenvalue weighted by molar-refractivity contribution is -0.0328. The zero-order chi connectivity index (χ0) is 15.3. The van der Waals surface area contributed by atoms with E-state index in [9.17, 15) is 18.0 Å². The van der Waals surface area contributed by atoms with Crippen LogP contribution in [0.5, 0.6) is 0 Å². The standard InChI is InChI=1S/C14H11F3N2OS/c15-14(16,17)21-12-6-4-10(5-7-12)13(20)19-9-11-3-1-2-8-18-11/h1-8H,9H2,(H,19,20). The molecule has 0 aliphatic heterocycles. The Bertz CT molecular complexity index is 600. The SMILES string of the molecule is O=C(NCc1ccccn1)c1ccc(SC(F)(F)F)cc1. The molecule has 1 heterocycles. The van der Waals surface area contributed by atoms with Gasteiger partial charge in [0.15, 0.2) is 0 Å². The number of halogens is 3. The lowest BCUT2D eigenvalue weighted by Crippen LogP contribution is -2.23. The molecule has 21 heavy (non-hydrogen) atoms. The highest BCUT2D eigenvalue weighted by atomic mass is 32.2. The first-order valence-corrected chi connectivity index (χ1v) is 6.79. The molecule has 0 aliphatic carbocycles. The first-order chi connectivity index (χ1) is 9.94. The number of amides is 1. The van der Waals surface area contributed by atoms with E-state index >= 15 is 0 Å². The number of thioether (sulfide) groups is 1. The predicted molar refractivity (Wildman–Crippen MR) is 73.8 cm³/mol. The van der Waals surface area contributed by atoms with Crippen LogP contribution in [0.15, 0.2) is 53.6 Å². The monoisotopic (exact) mass is 312 g/mol. The Kier molecular flexibility index (Phi) is 4.85. The van der Waals surface area contributed by atoms with Gasteiger partial charge in [0, 0.05) is 16.7 Å². The number of hydrogen-bond donors (Lipinski definition) is 1. The molecule has 1 aromatic carbocycles. The van der Waals surface area contributed by atoms with E-state index in [0.29, 0.717) is 11.3 Å². The van der Waals surface area contributed by atoms with E-state index in [-0.39, 0.29) is 29.1 Å². The molecule has 0 atom stereocenters. The van der Waals surface area contributed by atoms with E-state index in [1.807, 2.05) is 0 Å². The average molecular weight is 312 g/mol. The summed E-state index contributed by atoms with van der Waals surface area (Å²) in [5, 5.41) is 2.65. The Balaban J connectivity index is 1.94. The molecule has 0 spiro atoms. The van der Waals surface area contributed by atoms with E-state index in [1.54, 1.807) is 24.4 Å². The van der Waals surface area contributed by atoms with Crippen molar-refractivity contribution in [1.82, 2.24) is 10.3 Å². The smallest absolute Gasteiger partial charge is 0.346 e.